The summed E-state index contributed by atoms with van der Waals surface area (Å²) in [6.07, 6.45) is 1.73. The summed E-state index contributed by atoms with van der Waals surface area (Å²) in [6, 6.07) is 10.1. The molecule has 1 aromatic carbocycles. The Kier molecular flexibility index (Phi) is 7.49. The van der Waals surface area contributed by atoms with E-state index in [-0.39, 0.29) is 5.91 Å². The number of carbonyl (C=O) groups is 3. The zero-order valence-corrected chi connectivity index (χ0v) is 12.6. The molecule has 2 rings (SSSR count). The van der Waals surface area contributed by atoms with Crippen LogP contribution in [0, 0.1) is 5.92 Å². The van der Waals surface area contributed by atoms with Gasteiger partial charge in [0.25, 0.3) is 0 Å². The van der Waals surface area contributed by atoms with Crippen molar-refractivity contribution >= 4 is 17.8 Å². The van der Waals surface area contributed by atoms with E-state index in [4.69, 9.17) is 15.9 Å². The maximum Gasteiger partial charge on any atom is 0.328 e. The van der Waals surface area contributed by atoms with Crippen molar-refractivity contribution in [3.63, 3.8) is 0 Å². The minimum absolute atomic E-state index is 0.231. The van der Waals surface area contributed by atoms with Crippen LogP contribution in [0.2, 0.25) is 0 Å². The zero-order chi connectivity index (χ0) is 17.2. The summed E-state index contributed by atoms with van der Waals surface area (Å²) in [6.45, 7) is 2.14. The molecule has 4 N–H and O–H groups in total. The number of nitrogens with two attached hydrogens (primary N) is 1. The Labute approximate surface area is 134 Å². The van der Waals surface area contributed by atoms with Gasteiger partial charge < -0.3 is 20.8 Å². The SMILES string of the molecule is NCC1CC(=O)N(Cc2ccccc2)C1.O=C(O)C=CC(=O)O. The summed E-state index contributed by atoms with van der Waals surface area (Å²) in [5, 5.41) is 15.6. The number of carboxylic acid groups (broad SMARTS) is 2. The number of likely N-dealkylation sites (tertiary alicyclic amines) is 1. The number of aliphatic carboxylic acids is 2. The number of amides is 1. The highest BCUT2D eigenvalue weighted by atomic mass is 16.4. The third kappa shape index (κ3) is 7.23. The van der Waals surface area contributed by atoms with Gasteiger partial charge in [-0.05, 0) is 18.0 Å². The quantitative estimate of drug-likeness (QED) is 0.687. The molecule has 1 aliphatic rings. The summed E-state index contributed by atoms with van der Waals surface area (Å²) in [5.74, 6) is -1.93. The molecule has 1 heterocycles. The van der Waals surface area contributed by atoms with E-state index in [0.717, 1.165) is 13.1 Å². The molecule has 1 saturated heterocycles. The third-order valence-electron chi connectivity index (χ3n) is 3.21. The lowest BCUT2D eigenvalue weighted by Crippen LogP contribution is -2.25. The normalized spacial score (nSPS) is 17.0. The summed E-state index contributed by atoms with van der Waals surface area (Å²) >= 11 is 0. The van der Waals surface area contributed by atoms with Crippen LogP contribution >= 0.6 is 0 Å². The maximum atomic E-state index is 11.6. The molecule has 23 heavy (non-hydrogen) atoms. The van der Waals surface area contributed by atoms with Gasteiger partial charge in [-0.1, -0.05) is 30.3 Å². The first kappa shape index (κ1) is 18.4. The average molecular weight is 320 g/mol. The van der Waals surface area contributed by atoms with E-state index in [1.54, 1.807) is 0 Å². The van der Waals surface area contributed by atoms with Crippen LogP contribution in [-0.4, -0.2) is 46.0 Å². The number of hydrogen-bond acceptors (Lipinski definition) is 4. The van der Waals surface area contributed by atoms with Crippen molar-refractivity contribution in [2.24, 2.45) is 11.7 Å². The molecule has 0 radical (unpaired) electrons. The second-order valence-corrected chi connectivity index (χ2v) is 5.08. The second kappa shape index (κ2) is 9.37. The van der Waals surface area contributed by atoms with Crippen molar-refractivity contribution < 1.29 is 24.6 Å². The largest absolute Gasteiger partial charge is 0.478 e. The smallest absolute Gasteiger partial charge is 0.328 e. The van der Waals surface area contributed by atoms with Crippen LogP contribution < -0.4 is 5.73 Å². The average Bonchev–Trinajstić information content (AvgIpc) is 2.87. The lowest BCUT2D eigenvalue weighted by atomic mass is 10.1. The molecule has 0 bridgehead atoms. The van der Waals surface area contributed by atoms with E-state index < -0.39 is 11.9 Å². The third-order valence-corrected chi connectivity index (χ3v) is 3.21. The van der Waals surface area contributed by atoms with Crippen molar-refractivity contribution in [1.29, 1.82) is 0 Å². The van der Waals surface area contributed by atoms with Crippen molar-refractivity contribution in [3.05, 3.63) is 48.0 Å². The van der Waals surface area contributed by atoms with E-state index in [0.29, 0.717) is 31.0 Å². The Hall–Kier alpha value is -2.67. The maximum absolute atomic E-state index is 11.6. The Bertz CT molecular complexity index is 555. The van der Waals surface area contributed by atoms with Crippen LogP contribution in [-0.2, 0) is 20.9 Å². The van der Waals surface area contributed by atoms with Gasteiger partial charge in [-0.15, -0.1) is 0 Å². The monoisotopic (exact) mass is 320 g/mol. The minimum atomic E-state index is -1.26. The van der Waals surface area contributed by atoms with Gasteiger partial charge in [0, 0.05) is 31.7 Å². The van der Waals surface area contributed by atoms with Crippen molar-refractivity contribution in [1.82, 2.24) is 4.90 Å². The van der Waals surface area contributed by atoms with Gasteiger partial charge in [0.15, 0.2) is 0 Å². The van der Waals surface area contributed by atoms with E-state index in [1.807, 2.05) is 35.2 Å². The minimum Gasteiger partial charge on any atom is -0.478 e. The number of carboxylic acids is 2. The fourth-order valence-electron chi connectivity index (χ4n) is 2.11. The Morgan fingerprint density at radius 3 is 2.17 bits per heavy atom. The van der Waals surface area contributed by atoms with Gasteiger partial charge in [-0.3, -0.25) is 4.79 Å². The summed E-state index contributed by atoms with van der Waals surface area (Å²) < 4.78 is 0. The molecule has 1 unspecified atom stereocenters. The number of rotatable bonds is 5. The molecule has 124 valence electrons. The van der Waals surface area contributed by atoms with Crippen LogP contribution in [0.15, 0.2) is 42.5 Å². The second-order valence-electron chi connectivity index (χ2n) is 5.08. The van der Waals surface area contributed by atoms with E-state index in [1.165, 1.54) is 5.56 Å². The summed E-state index contributed by atoms with van der Waals surface area (Å²) in [4.78, 5) is 32.6. The molecule has 0 aromatic heterocycles. The van der Waals surface area contributed by atoms with Gasteiger partial charge in [-0.25, -0.2) is 9.59 Å². The first-order valence-electron chi connectivity index (χ1n) is 7.08. The van der Waals surface area contributed by atoms with Crippen molar-refractivity contribution in [2.75, 3.05) is 13.1 Å². The molecule has 1 aromatic rings. The molecule has 1 aliphatic heterocycles. The Morgan fingerprint density at radius 1 is 1.17 bits per heavy atom. The number of hydrogen-bond donors (Lipinski definition) is 3. The molecule has 0 spiro atoms. The van der Waals surface area contributed by atoms with Crippen LogP contribution in [0.1, 0.15) is 12.0 Å². The predicted molar refractivity (Wildman–Crippen MR) is 83.4 cm³/mol. The molecule has 0 saturated carbocycles. The van der Waals surface area contributed by atoms with Gasteiger partial charge in [0.05, 0.1) is 0 Å². The van der Waals surface area contributed by atoms with Crippen molar-refractivity contribution in [3.8, 4) is 0 Å². The highest BCUT2D eigenvalue weighted by Crippen LogP contribution is 2.18. The fourth-order valence-corrected chi connectivity index (χ4v) is 2.11. The van der Waals surface area contributed by atoms with Crippen LogP contribution in [0.3, 0.4) is 0 Å². The Morgan fingerprint density at radius 2 is 1.74 bits per heavy atom. The molecule has 0 aliphatic carbocycles. The lowest BCUT2D eigenvalue weighted by Gasteiger charge is -2.16. The number of nitrogens with zero attached hydrogens (tertiary/aromatic N) is 1. The zero-order valence-electron chi connectivity index (χ0n) is 12.6. The highest BCUT2D eigenvalue weighted by molar-refractivity contribution is 5.89. The van der Waals surface area contributed by atoms with Gasteiger partial charge in [0.2, 0.25) is 5.91 Å². The molecular weight excluding hydrogens is 300 g/mol. The molecule has 7 heteroatoms. The summed E-state index contributed by atoms with van der Waals surface area (Å²) in [5.41, 5.74) is 6.76. The molecular formula is C16H20N2O5. The topological polar surface area (TPSA) is 121 Å². The molecule has 1 atom stereocenters. The van der Waals surface area contributed by atoms with E-state index in [2.05, 4.69) is 0 Å². The van der Waals surface area contributed by atoms with E-state index in [9.17, 15) is 14.4 Å². The summed E-state index contributed by atoms with van der Waals surface area (Å²) in [7, 11) is 0. The highest BCUT2D eigenvalue weighted by Gasteiger charge is 2.28. The molecule has 1 fully saturated rings. The lowest BCUT2D eigenvalue weighted by molar-refractivity contribution is -0.134. The van der Waals surface area contributed by atoms with Crippen LogP contribution in [0.4, 0.5) is 0 Å². The van der Waals surface area contributed by atoms with Gasteiger partial charge in [-0.2, -0.15) is 0 Å². The van der Waals surface area contributed by atoms with Crippen LogP contribution in [0.25, 0.3) is 0 Å². The predicted octanol–water partition coefficient (Wildman–Crippen LogP) is 0.706. The first-order chi connectivity index (χ1) is 10.9. The molecule has 7 nitrogen and oxygen atoms in total. The fraction of sp³-hybridized carbons (Fsp3) is 0.312. The van der Waals surface area contributed by atoms with Gasteiger partial charge >= 0.3 is 11.9 Å². The Balaban J connectivity index is 0.000000284. The standard InChI is InChI=1S/C12H16N2O.C4H4O4/c13-7-11-6-12(15)14(9-11)8-10-4-2-1-3-5-10;5-3(6)1-2-4(7)8/h1-5,11H,6-9,13H2;1-2H,(H,5,6)(H,7,8). The number of benzene rings is 1. The molecule has 1 amide bonds. The number of carbonyl (C=O) groups excluding carboxylic acids is 1. The van der Waals surface area contributed by atoms with Crippen molar-refractivity contribution in [2.45, 2.75) is 13.0 Å². The van der Waals surface area contributed by atoms with Gasteiger partial charge in [0.1, 0.15) is 0 Å². The van der Waals surface area contributed by atoms with E-state index >= 15 is 0 Å². The van der Waals surface area contributed by atoms with Crippen LogP contribution in [0.5, 0.6) is 0 Å². The first-order valence-corrected chi connectivity index (χ1v) is 7.08.